The fourth-order valence-corrected chi connectivity index (χ4v) is 4.55. The Kier molecular flexibility index (Phi) is 4.59. The third-order valence-electron chi connectivity index (χ3n) is 5.08. The predicted molar refractivity (Wildman–Crippen MR) is 120 cm³/mol. The van der Waals surface area contributed by atoms with E-state index in [9.17, 15) is 9.59 Å². The quantitative estimate of drug-likeness (QED) is 0.254. The molecule has 30 heavy (non-hydrogen) atoms. The summed E-state index contributed by atoms with van der Waals surface area (Å²) in [5, 5.41) is 3.31. The summed E-state index contributed by atoms with van der Waals surface area (Å²) in [7, 11) is 0. The van der Waals surface area contributed by atoms with Crippen molar-refractivity contribution >= 4 is 39.1 Å². The van der Waals surface area contributed by atoms with Crippen molar-refractivity contribution in [3.63, 3.8) is 0 Å². The second-order valence-corrected chi connectivity index (χ2v) is 7.91. The average Bonchev–Trinajstić information content (AvgIpc) is 2.77. The molecule has 0 saturated heterocycles. The van der Waals surface area contributed by atoms with Gasteiger partial charge in [0.25, 0.3) is 11.1 Å². The smallest absolute Gasteiger partial charge is 0.262 e. The molecule has 0 spiro atoms. The normalized spacial score (nSPS) is 11.5. The second-order valence-electron chi connectivity index (χ2n) is 6.96. The highest BCUT2D eigenvalue weighted by molar-refractivity contribution is 7.98. The summed E-state index contributed by atoms with van der Waals surface area (Å²) in [6.45, 7) is 2.45. The van der Waals surface area contributed by atoms with Gasteiger partial charge in [-0.05, 0) is 42.0 Å². The van der Waals surface area contributed by atoms with Gasteiger partial charge in [0.15, 0.2) is 5.16 Å². The summed E-state index contributed by atoms with van der Waals surface area (Å²) < 4.78 is 3.19. The Balaban J connectivity index is 1.57. The zero-order valence-corrected chi connectivity index (χ0v) is 17.1. The number of fused-ring (bicyclic) bond motifs is 3. The third kappa shape index (κ3) is 3.17. The van der Waals surface area contributed by atoms with Crippen molar-refractivity contribution in [1.29, 1.82) is 0 Å². The van der Waals surface area contributed by atoms with Crippen molar-refractivity contribution in [2.45, 2.75) is 24.4 Å². The highest BCUT2D eigenvalue weighted by atomic mass is 32.2. The van der Waals surface area contributed by atoms with Gasteiger partial charge in [0.1, 0.15) is 5.65 Å². The zero-order valence-electron chi connectivity index (χ0n) is 16.3. The van der Waals surface area contributed by atoms with Crippen LogP contribution in [0.15, 0.2) is 81.6 Å². The second kappa shape index (κ2) is 7.42. The molecule has 3 heterocycles. The fraction of sp³-hybridized carbons (Fsp3) is 0.130. The number of pyridine rings is 1. The van der Waals surface area contributed by atoms with E-state index in [1.165, 1.54) is 22.2 Å². The molecule has 2 aromatic carbocycles. The van der Waals surface area contributed by atoms with Crippen molar-refractivity contribution in [3.05, 3.63) is 93.3 Å². The van der Waals surface area contributed by atoms with E-state index in [4.69, 9.17) is 4.98 Å². The van der Waals surface area contributed by atoms with Crippen LogP contribution in [0, 0.1) is 0 Å². The van der Waals surface area contributed by atoms with Crippen LogP contribution >= 0.6 is 11.8 Å². The molecule has 148 valence electrons. The minimum atomic E-state index is -0.123. The molecule has 0 unspecified atom stereocenters. The van der Waals surface area contributed by atoms with E-state index in [2.05, 4.69) is 4.98 Å². The number of thioether (sulfide) groups is 1. The minimum absolute atomic E-state index is 0.0534. The maximum Gasteiger partial charge on any atom is 0.262 e. The topological polar surface area (TPSA) is 69.3 Å². The van der Waals surface area contributed by atoms with Crippen LogP contribution in [0.4, 0.5) is 0 Å². The van der Waals surface area contributed by atoms with E-state index in [0.717, 1.165) is 10.8 Å². The van der Waals surface area contributed by atoms with Crippen molar-refractivity contribution in [2.24, 2.45) is 0 Å². The van der Waals surface area contributed by atoms with E-state index >= 15 is 0 Å². The molecule has 7 heteroatoms. The van der Waals surface area contributed by atoms with E-state index in [1.807, 2.05) is 49.4 Å². The molecule has 0 aliphatic carbocycles. The lowest BCUT2D eigenvalue weighted by molar-refractivity contribution is 0.634. The molecule has 0 aliphatic heterocycles. The Bertz CT molecular complexity index is 1540. The number of rotatable bonds is 4. The van der Waals surface area contributed by atoms with Crippen LogP contribution in [0.3, 0.4) is 0 Å². The number of hydrogen-bond acceptors (Lipinski definition) is 5. The van der Waals surface area contributed by atoms with E-state index in [1.54, 1.807) is 22.9 Å². The molecule has 0 N–H and O–H groups in total. The van der Waals surface area contributed by atoms with Crippen molar-refractivity contribution < 1.29 is 0 Å². The summed E-state index contributed by atoms with van der Waals surface area (Å²) in [6, 6.07) is 18.8. The van der Waals surface area contributed by atoms with Gasteiger partial charge in [-0.2, -0.15) is 0 Å². The summed E-state index contributed by atoms with van der Waals surface area (Å²) in [6.07, 6.45) is 1.70. The van der Waals surface area contributed by atoms with Gasteiger partial charge in [-0.3, -0.25) is 18.6 Å². The monoisotopic (exact) mass is 414 g/mol. The molecule has 5 aromatic rings. The lowest BCUT2D eigenvalue weighted by Crippen LogP contribution is -2.22. The van der Waals surface area contributed by atoms with Crippen LogP contribution in [0.25, 0.3) is 27.3 Å². The molecular formula is C23H18N4O2S. The zero-order chi connectivity index (χ0) is 20.7. The fourth-order valence-electron chi connectivity index (χ4n) is 3.59. The maximum atomic E-state index is 13.1. The van der Waals surface area contributed by atoms with Crippen LogP contribution in [-0.2, 0) is 12.3 Å². The van der Waals surface area contributed by atoms with Gasteiger partial charge in [-0.25, -0.2) is 9.97 Å². The largest absolute Gasteiger partial charge is 0.287 e. The Morgan fingerprint density at radius 2 is 1.70 bits per heavy atom. The molecule has 0 atom stereocenters. The van der Waals surface area contributed by atoms with E-state index < -0.39 is 0 Å². The van der Waals surface area contributed by atoms with Crippen LogP contribution in [0.5, 0.6) is 0 Å². The predicted octanol–water partition coefficient (Wildman–Crippen LogP) is 3.87. The molecule has 6 nitrogen and oxygen atoms in total. The molecule has 0 fully saturated rings. The van der Waals surface area contributed by atoms with Crippen LogP contribution in [-0.4, -0.2) is 18.9 Å². The van der Waals surface area contributed by atoms with Gasteiger partial charge in [-0.1, -0.05) is 42.1 Å². The highest BCUT2D eigenvalue weighted by Gasteiger charge is 2.13. The van der Waals surface area contributed by atoms with Gasteiger partial charge >= 0.3 is 0 Å². The molecule has 3 aromatic heterocycles. The first-order valence-corrected chi connectivity index (χ1v) is 10.7. The van der Waals surface area contributed by atoms with E-state index in [-0.39, 0.29) is 11.1 Å². The van der Waals surface area contributed by atoms with Gasteiger partial charge in [0.2, 0.25) is 0 Å². The number of hydrogen-bond donors (Lipinski definition) is 0. The van der Waals surface area contributed by atoms with E-state index in [0.29, 0.717) is 39.7 Å². The SMILES string of the molecule is CCn1c(SCc2cc(=O)n3ccccc3n2)nc2cc3ccccc3cc2c1=O. The lowest BCUT2D eigenvalue weighted by Gasteiger charge is -2.12. The van der Waals surface area contributed by atoms with Crippen molar-refractivity contribution in [2.75, 3.05) is 0 Å². The first kappa shape index (κ1) is 18.6. The molecule has 0 bridgehead atoms. The Morgan fingerprint density at radius 1 is 0.933 bits per heavy atom. The van der Waals surface area contributed by atoms with Gasteiger partial charge in [-0.15, -0.1) is 0 Å². The summed E-state index contributed by atoms with van der Waals surface area (Å²) in [5.74, 6) is 0.451. The van der Waals surface area contributed by atoms with Crippen LogP contribution in [0.2, 0.25) is 0 Å². The summed E-state index contributed by atoms with van der Waals surface area (Å²) in [4.78, 5) is 34.8. The highest BCUT2D eigenvalue weighted by Crippen LogP contribution is 2.24. The summed E-state index contributed by atoms with van der Waals surface area (Å²) in [5.41, 5.74) is 1.76. The Labute approximate surface area is 175 Å². The van der Waals surface area contributed by atoms with Gasteiger partial charge in [0, 0.05) is 24.6 Å². The standard InChI is InChI=1S/C23H18N4O2S/c1-2-26-22(29)18-11-15-7-3-4-8-16(15)12-19(18)25-23(26)30-14-17-13-21(28)27-10-6-5-9-20(27)24-17/h3-13H,2,14H2,1H3. The molecule has 0 saturated carbocycles. The number of aromatic nitrogens is 4. The minimum Gasteiger partial charge on any atom is -0.287 e. The number of nitrogens with zero attached hydrogens (tertiary/aromatic N) is 4. The molecule has 0 radical (unpaired) electrons. The average molecular weight is 414 g/mol. The van der Waals surface area contributed by atoms with Crippen LogP contribution in [0.1, 0.15) is 12.6 Å². The Morgan fingerprint density at radius 3 is 2.50 bits per heavy atom. The van der Waals surface area contributed by atoms with Crippen LogP contribution < -0.4 is 11.1 Å². The molecular weight excluding hydrogens is 396 g/mol. The third-order valence-corrected chi connectivity index (χ3v) is 6.09. The summed E-state index contributed by atoms with van der Waals surface area (Å²) >= 11 is 1.42. The first-order chi connectivity index (χ1) is 14.6. The van der Waals surface area contributed by atoms with Gasteiger partial charge in [0.05, 0.1) is 16.6 Å². The molecule has 5 rings (SSSR count). The maximum absolute atomic E-state index is 13.1. The number of benzene rings is 2. The molecule has 0 amide bonds. The molecule has 0 aliphatic rings. The lowest BCUT2D eigenvalue weighted by atomic mass is 10.1. The van der Waals surface area contributed by atoms with Gasteiger partial charge < -0.3 is 0 Å². The Hall–Kier alpha value is -3.45. The van der Waals surface area contributed by atoms with Crippen molar-refractivity contribution in [1.82, 2.24) is 18.9 Å². The first-order valence-electron chi connectivity index (χ1n) is 9.67. The van der Waals surface area contributed by atoms with Crippen molar-refractivity contribution in [3.8, 4) is 0 Å².